The van der Waals surface area contributed by atoms with Crippen LogP contribution in [0, 0.1) is 5.92 Å². The number of hydrogen-bond donors (Lipinski definition) is 4. The maximum absolute atomic E-state index is 13.0. The summed E-state index contributed by atoms with van der Waals surface area (Å²) in [7, 11) is 0. The smallest absolute Gasteiger partial charge is 0.320 e. The van der Waals surface area contributed by atoms with Crippen LogP contribution in [0.4, 0.5) is 0 Å². The van der Waals surface area contributed by atoms with Crippen molar-refractivity contribution in [3.05, 3.63) is 71.8 Å². The molecule has 0 saturated carbocycles. The van der Waals surface area contributed by atoms with Gasteiger partial charge >= 0.3 is 11.9 Å². The van der Waals surface area contributed by atoms with E-state index in [1.807, 2.05) is 74.5 Å². The Kier molecular flexibility index (Phi) is 9.21. The van der Waals surface area contributed by atoms with Crippen LogP contribution in [-0.2, 0) is 14.4 Å². The molecule has 2 atom stereocenters. The lowest BCUT2D eigenvalue weighted by molar-refractivity contribution is -0.143. The zero-order valence-electron chi connectivity index (χ0n) is 17.8. The molecule has 0 radical (unpaired) electrons. The van der Waals surface area contributed by atoms with E-state index in [9.17, 15) is 24.6 Å². The van der Waals surface area contributed by atoms with E-state index in [1.54, 1.807) is 0 Å². The fraction of sp³-hybridized carbons (Fsp3) is 0.375. The van der Waals surface area contributed by atoms with Gasteiger partial charge in [-0.25, -0.2) is 0 Å². The fourth-order valence-electron chi connectivity index (χ4n) is 3.46. The van der Waals surface area contributed by atoms with Gasteiger partial charge in [-0.15, -0.1) is 0 Å². The number of amides is 1. The van der Waals surface area contributed by atoms with Crippen molar-refractivity contribution < 1.29 is 24.6 Å². The Hall–Kier alpha value is -3.19. The van der Waals surface area contributed by atoms with Gasteiger partial charge in [0.05, 0.1) is 5.92 Å². The zero-order valence-corrected chi connectivity index (χ0v) is 17.8. The minimum absolute atomic E-state index is 0.0687. The van der Waals surface area contributed by atoms with Gasteiger partial charge in [0.1, 0.15) is 12.1 Å². The summed E-state index contributed by atoms with van der Waals surface area (Å²) in [6.07, 6.45) is 0.384. The monoisotopic (exact) mass is 426 g/mol. The lowest BCUT2D eigenvalue weighted by Gasteiger charge is -2.22. The van der Waals surface area contributed by atoms with E-state index in [0.29, 0.717) is 6.42 Å². The Morgan fingerprint density at radius 2 is 1.29 bits per heavy atom. The topological polar surface area (TPSA) is 116 Å². The van der Waals surface area contributed by atoms with Gasteiger partial charge in [0, 0.05) is 6.54 Å². The molecule has 2 unspecified atom stereocenters. The van der Waals surface area contributed by atoms with Gasteiger partial charge in [-0.2, -0.15) is 0 Å². The third kappa shape index (κ3) is 7.53. The van der Waals surface area contributed by atoms with Crippen molar-refractivity contribution in [1.82, 2.24) is 10.6 Å². The van der Waals surface area contributed by atoms with Crippen molar-refractivity contribution in [3.8, 4) is 0 Å². The Labute approximate surface area is 182 Å². The van der Waals surface area contributed by atoms with Crippen LogP contribution in [0.15, 0.2) is 60.7 Å². The number of benzene rings is 2. The molecule has 0 saturated heterocycles. The van der Waals surface area contributed by atoms with E-state index >= 15 is 0 Å². The first-order chi connectivity index (χ1) is 14.8. The van der Waals surface area contributed by atoms with Gasteiger partial charge in [0.15, 0.2) is 0 Å². The predicted molar refractivity (Wildman–Crippen MR) is 118 cm³/mol. The van der Waals surface area contributed by atoms with Crippen LogP contribution in [0.1, 0.15) is 43.7 Å². The molecule has 7 heteroatoms. The first kappa shape index (κ1) is 24.1. The standard InChI is InChI=1S/C24H30N2O5/c1-16(2)15-20(24(30)31)26-19(23(28)29)13-14-25-22(27)21(17-9-5-3-6-10-17)18-11-7-4-8-12-18/h3-12,16,19-21,26H,13-15H2,1-2H3,(H,25,27)(H,28,29)(H,30,31). The van der Waals surface area contributed by atoms with E-state index in [2.05, 4.69) is 10.6 Å². The first-order valence-electron chi connectivity index (χ1n) is 10.4. The molecule has 0 aliphatic rings. The second kappa shape index (κ2) is 11.9. The molecular formula is C24H30N2O5. The molecule has 31 heavy (non-hydrogen) atoms. The van der Waals surface area contributed by atoms with Crippen LogP contribution in [0.5, 0.6) is 0 Å². The van der Waals surface area contributed by atoms with E-state index < -0.39 is 29.9 Å². The van der Waals surface area contributed by atoms with Gasteiger partial charge in [-0.3, -0.25) is 19.7 Å². The number of carbonyl (C=O) groups excluding carboxylic acids is 1. The molecule has 0 bridgehead atoms. The molecule has 7 nitrogen and oxygen atoms in total. The molecule has 0 heterocycles. The minimum Gasteiger partial charge on any atom is -0.480 e. The summed E-state index contributed by atoms with van der Waals surface area (Å²) in [6, 6.07) is 16.7. The lowest BCUT2D eigenvalue weighted by Crippen LogP contribution is -2.49. The second-order valence-corrected chi connectivity index (χ2v) is 7.91. The molecule has 2 aromatic rings. The van der Waals surface area contributed by atoms with Gasteiger partial charge in [-0.05, 0) is 29.9 Å². The van der Waals surface area contributed by atoms with Crippen LogP contribution < -0.4 is 10.6 Å². The van der Waals surface area contributed by atoms with Gasteiger partial charge in [0.25, 0.3) is 0 Å². The highest BCUT2D eigenvalue weighted by molar-refractivity contribution is 5.87. The summed E-state index contributed by atoms with van der Waals surface area (Å²) < 4.78 is 0. The Morgan fingerprint density at radius 3 is 1.71 bits per heavy atom. The molecule has 0 aliphatic carbocycles. The van der Waals surface area contributed by atoms with E-state index in [4.69, 9.17) is 0 Å². The number of carboxylic acid groups (broad SMARTS) is 2. The van der Waals surface area contributed by atoms with Crippen molar-refractivity contribution in [2.45, 2.75) is 44.7 Å². The number of aliphatic carboxylic acids is 2. The molecule has 0 spiro atoms. The molecule has 1 amide bonds. The number of carboxylic acids is 2. The summed E-state index contributed by atoms with van der Waals surface area (Å²) in [5, 5.41) is 24.4. The summed E-state index contributed by atoms with van der Waals surface area (Å²) >= 11 is 0. The third-order valence-electron chi connectivity index (χ3n) is 4.97. The fourth-order valence-corrected chi connectivity index (χ4v) is 3.46. The van der Waals surface area contributed by atoms with Gasteiger partial charge < -0.3 is 15.5 Å². The molecule has 2 rings (SSSR count). The zero-order chi connectivity index (χ0) is 22.8. The molecule has 0 aromatic heterocycles. The third-order valence-corrected chi connectivity index (χ3v) is 4.97. The van der Waals surface area contributed by atoms with Crippen LogP contribution in [0.25, 0.3) is 0 Å². The summed E-state index contributed by atoms with van der Waals surface area (Å²) in [5.74, 6) is -2.89. The largest absolute Gasteiger partial charge is 0.480 e. The molecule has 4 N–H and O–H groups in total. The first-order valence-corrected chi connectivity index (χ1v) is 10.4. The summed E-state index contributed by atoms with van der Waals surface area (Å²) in [4.78, 5) is 36.1. The molecule has 0 fully saturated rings. The number of nitrogens with one attached hydrogen (secondary N) is 2. The highest BCUT2D eigenvalue weighted by Crippen LogP contribution is 2.24. The maximum atomic E-state index is 13.0. The SMILES string of the molecule is CC(C)CC(NC(CCNC(=O)C(c1ccccc1)c1ccccc1)C(=O)O)C(=O)O. The number of rotatable bonds is 12. The van der Waals surface area contributed by atoms with Crippen LogP contribution in [0.3, 0.4) is 0 Å². The van der Waals surface area contributed by atoms with Crippen molar-refractivity contribution in [3.63, 3.8) is 0 Å². The van der Waals surface area contributed by atoms with Crippen molar-refractivity contribution >= 4 is 17.8 Å². The van der Waals surface area contributed by atoms with Crippen molar-refractivity contribution in [1.29, 1.82) is 0 Å². The van der Waals surface area contributed by atoms with Crippen molar-refractivity contribution in [2.24, 2.45) is 5.92 Å². The predicted octanol–water partition coefficient (Wildman–Crippen LogP) is 2.87. The quantitative estimate of drug-likeness (QED) is 0.415. The molecule has 166 valence electrons. The maximum Gasteiger partial charge on any atom is 0.320 e. The van der Waals surface area contributed by atoms with E-state index in [1.165, 1.54) is 0 Å². The highest BCUT2D eigenvalue weighted by Gasteiger charge is 2.27. The van der Waals surface area contributed by atoms with Crippen LogP contribution in [-0.4, -0.2) is 46.7 Å². The van der Waals surface area contributed by atoms with Gasteiger partial charge in [0.2, 0.25) is 5.91 Å². The van der Waals surface area contributed by atoms with Crippen LogP contribution in [0.2, 0.25) is 0 Å². The Morgan fingerprint density at radius 1 is 0.806 bits per heavy atom. The second-order valence-electron chi connectivity index (χ2n) is 7.91. The van der Waals surface area contributed by atoms with E-state index in [-0.39, 0.29) is 24.8 Å². The molecule has 2 aromatic carbocycles. The number of carbonyl (C=O) groups is 3. The lowest BCUT2D eigenvalue weighted by atomic mass is 9.90. The summed E-state index contributed by atoms with van der Waals surface area (Å²) in [6.45, 7) is 3.86. The number of hydrogen-bond acceptors (Lipinski definition) is 4. The Bertz CT molecular complexity index is 815. The van der Waals surface area contributed by atoms with E-state index in [0.717, 1.165) is 11.1 Å². The van der Waals surface area contributed by atoms with Crippen molar-refractivity contribution in [2.75, 3.05) is 6.54 Å². The summed E-state index contributed by atoms with van der Waals surface area (Å²) in [5.41, 5.74) is 1.67. The average molecular weight is 427 g/mol. The average Bonchev–Trinajstić information content (AvgIpc) is 2.73. The van der Waals surface area contributed by atoms with Crippen LogP contribution >= 0.6 is 0 Å². The molecular weight excluding hydrogens is 396 g/mol. The molecule has 0 aliphatic heterocycles. The highest BCUT2D eigenvalue weighted by atomic mass is 16.4. The minimum atomic E-state index is -1.15. The normalized spacial score (nSPS) is 13.0. The Balaban J connectivity index is 2.05. The van der Waals surface area contributed by atoms with Gasteiger partial charge in [-0.1, -0.05) is 74.5 Å².